The Hall–Kier alpha value is -3.17. The molecule has 174 valence electrons. The Morgan fingerprint density at radius 2 is 1.76 bits per heavy atom. The Labute approximate surface area is 194 Å². The number of imidazole rings is 1. The van der Waals surface area contributed by atoms with Gasteiger partial charge in [-0.15, -0.1) is 0 Å². The lowest BCUT2D eigenvalue weighted by Gasteiger charge is -2.30. The Balaban J connectivity index is 1.31. The van der Waals surface area contributed by atoms with Gasteiger partial charge in [-0.05, 0) is 61.7 Å². The number of benzene rings is 2. The predicted molar refractivity (Wildman–Crippen MR) is 126 cm³/mol. The topological polar surface area (TPSA) is 93.5 Å². The van der Waals surface area contributed by atoms with Crippen LogP contribution in [0.4, 0.5) is 5.69 Å². The number of aromatic nitrogens is 2. The van der Waals surface area contributed by atoms with Gasteiger partial charge in [0.1, 0.15) is 11.6 Å². The Kier molecular flexibility index (Phi) is 6.80. The first-order valence-corrected chi connectivity index (χ1v) is 12.3. The average molecular weight is 469 g/mol. The smallest absolute Gasteiger partial charge is 0.243 e. The highest BCUT2D eigenvalue weighted by atomic mass is 32.2. The average Bonchev–Trinajstić information content (AvgIpc) is 3.24. The van der Waals surface area contributed by atoms with Crippen LogP contribution in [0.25, 0.3) is 0 Å². The molecule has 0 aliphatic carbocycles. The minimum atomic E-state index is -3.58. The molecule has 3 aromatic rings. The number of aryl methyl sites for hydroxylation is 1. The van der Waals surface area contributed by atoms with Gasteiger partial charge in [0.05, 0.1) is 12.0 Å². The Morgan fingerprint density at radius 3 is 2.33 bits per heavy atom. The predicted octanol–water partition coefficient (Wildman–Crippen LogP) is 3.29. The van der Waals surface area contributed by atoms with E-state index in [1.807, 2.05) is 37.4 Å². The molecular formula is C24H28N4O4S. The second kappa shape index (κ2) is 9.76. The monoisotopic (exact) mass is 468 g/mol. The number of hydrogen-bond acceptors (Lipinski definition) is 5. The number of nitrogens with zero attached hydrogens (tertiary/aromatic N) is 3. The van der Waals surface area contributed by atoms with Gasteiger partial charge < -0.3 is 14.6 Å². The Bertz CT molecular complexity index is 1200. The van der Waals surface area contributed by atoms with Crippen molar-refractivity contribution in [3.63, 3.8) is 0 Å². The molecule has 2 heterocycles. The molecule has 0 saturated carbocycles. The number of methoxy groups -OCH3 is 1. The first-order chi connectivity index (χ1) is 15.9. The van der Waals surface area contributed by atoms with Gasteiger partial charge in [-0.25, -0.2) is 13.4 Å². The molecule has 0 spiro atoms. The van der Waals surface area contributed by atoms with Crippen LogP contribution in [-0.2, 0) is 21.4 Å². The van der Waals surface area contributed by atoms with Gasteiger partial charge in [-0.1, -0.05) is 12.1 Å². The molecular weight excluding hydrogens is 440 g/mol. The summed E-state index contributed by atoms with van der Waals surface area (Å²) < 4.78 is 34.4. The largest absolute Gasteiger partial charge is 0.497 e. The molecule has 1 aromatic heterocycles. The van der Waals surface area contributed by atoms with E-state index in [0.29, 0.717) is 31.7 Å². The third kappa shape index (κ3) is 5.26. The second-order valence-electron chi connectivity index (χ2n) is 8.14. The number of piperidine rings is 1. The van der Waals surface area contributed by atoms with Crippen LogP contribution in [-0.4, -0.2) is 48.4 Å². The molecule has 1 saturated heterocycles. The third-order valence-corrected chi connectivity index (χ3v) is 7.93. The SMILES string of the molecule is COc1ccc(S(=O)(=O)N2CCC(C(=O)Nc3ccc(Cn4ccnc4C)cc3)CC2)cc1. The number of amides is 1. The zero-order valence-electron chi connectivity index (χ0n) is 18.8. The first-order valence-electron chi connectivity index (χ1n) is 10.9. The highest BCUT2D eigenvalue weighted by Gasteiger charge is 2.32. The summed E-state index contributed by atoms with van der Waals surface area (Å²) in [5.74, 6) is 1.26. The van der Waals surface area contributed by atoms with Crippen LogP contribution in [0.15, 0.2) is 65.8 Å². The van der Waals surface area contributed by atoms with Crippen molar-refractivity contribution in [1.29, 1.82) is 0 Å². The maximum absolute atomic E-state index is 12.9. The van der Waals surface area contributed by atoms with Gasteiger partial charge in [0.15, 0.2) is 0 Å². The molecule has 2 aromatic carbocycles. The molecule has 4 rings (SSSR count). The van der Waals surface area contributed by atoms with Crippen molar-refractivity contribution >= 4 is 21.6 Å². The number of carbonyl (C=O) groups excluding carboxylic acids is 1. The lowest BCUT2D eigenvalue weighted by Crippen LogP contribution is -2.41. The van der Waals surface area contributed by atoms with Crippen molar-refractivity contribution in [1.82, 2.24) is 13.9 Å². The molecule has 0 atom stereocenters. The number of carbonyl (C=O) groups is 1. The van der Waals surface area contributed by atoms with E-state index in [9.17, 15) is 13.2 Å². The van der Waals surface area contributed by atoms with Gasteiger partial charge in [0.25, 0.3) is 0 Å². The lowest BCUT2D eigenvalue weighted by molar-refractivity contribution is -0.120. The molecule has 1 aliphatic heterocycles. The van der Waals surface area contributed by atoms with Crippen molar-refractivity contribution < 1.29 is 17.9 Å². The molecule has 1 N–H and O–H groups in total. The number of sulfonamides is 1. The van der Waals surface area contributed by atoms with Crippen LogP contribution in [0.1, 0.15) is 24.2 Å². The minimum Gasteiger partial charge on any atom is -0.497 e. The van der Waals surface area contributed by atoms with E-state index in [4.69, 9.17) is 4.74 Å². The molecule has 1 fully saturated rings. The molecule has 0 unspecified atom stereocenters. The number of anilines is 1. The van der Waals surface area contributed by atoms with E-state index < -0.39 is 10.0 Å². The van der Waals surface area contributed by atoms with Crippen LogP contribution >= 0.6 is 0 Å². The molecule has 1 amide bonds. The number of nitrogens with one attached hydrogen (secondary N) is 1. The van der Waals surface area contributed by atoms with E-state index in [1.165, 1.54) is 11.4 Å². The van der Waals surface area contributed by atoms with Gasteiger partial charge in [-0.2, -0.15) is 4.31 Å². The van der Waals surface area contributed by atoms with Crippen molar-refractivity contribution in [3.05, 3.63) is 72.3 Å². The maximum Gasteiger partial charge on any atom is 0.243 e. The van der Waals surface area contributed by atoms with Crippen molar-refractivity contribution in [2.45, 2.75) is 31.2 Å². The fraction of sp³-hybridized carbons (Fsp3) is 0.333. The fourth-order valence-electron chi connectivity index (χ4n) is 3.96. The molecule has 33 heavy (non-hydrogen) atoms. The third-order valence-electron chi connectivity index (χ3n) is 6.02. The van der Waals surface area contributed by atoms with E-state index in [0.717, 1.165) is 23.6 Å². The highest BCUT2D eigenvalue weighted by Crippen LogP contribution is 2.26. The lowest BCUT2D eigenvalue weighted by atomic mass is 9.97. The highest BCUT2D eigenvalue weighted by molar-refractivity contribution is 7.89. The number of rotatable bonds is 7. The summed E-state index contributed by atoms with van der Waals surface area (Å²) in [7, 11) is -2.05. The molecule has 0 bridgehead atoms. The van der Waals surface area contributed by atoms with Crippen molar-refractivity contribution in [3.8, 4) is 5.75 Å². The van der Waals surface area contributed by atoms with Crippen LogP contribution in [0.5, 0.6) is 5.75 Å². The van der Waals surface area contributed by atoms with Gasteiger partial charge in [0.2, 0.25) is 15.9 Å². The quantitative estimate of drug-likeness (QED) is 0.574. The van der Waals surface area contributed by atoms with E-state index >= 15 is 0 Å². The second-order valence-corrected chi connectivity index (χ2v) is 10.1. The maximum atomic E-state index is 12.9. The van der Waals surface area contributed by atoms with Crippen LogP contribution < -0.4 is 10.1 Å². The van der Waals surface area contributed by atoms with Crippen LogP contribution in [0, 0.1) is 12.8 Å². The van der Waals surface area contributed by atoms with Crippen LogP contribution in [0.2, 0.25) is 0 Å². The summed E-state index contributed by atoms with van der Waals surface area (Å²) in [6.07, 6.45) is 4.68. The zero-order chi connectivity index (χ0) is 23.4. The fourth-order valence-corrected chi connectivity index (χ4v) is 5.43. The van der Waals surface area contributed by atoms with Crippen molar-refractivity contribution in [2.24, 2.45) is 5.92 Å². The zero-order valence-corrected chi connectivity index (χ0v) is 19.6. The summed E-state index contributed by atoms with van der Waals surface area (Å²) in [4.78, 5) is 17.2. The van der Waals surface area contributed by atoms with Crippen LogP contribution in [0.3, 0.4) is 0 Å². The summed E-state index contributed by atoms with van der Waals surface area (Å²) in [6.45, 7) is 3.31. The van der Waals surface area contributed by atoms with Gasteiger partial charge in [0, 0.05) is 43.6 Å². The minimum absolute atomic E-state index is 0.0744. The van der Waals surface area contributed by atoms with Gasteiger partial charge >= 0.3 is 0 Å². The standard InChI is InChI=1S/C24H28N4O4S/c1-18-25-13-16-27(18)17-19-3-5-21(6-4-19)26-24(29)20-11-14-28(15-12-20)33(30,31)23-9-7-22(32-2)8-10-23/h3-10,13,16,20H,11-12,14-15,17H2,1-2H3,(H,26,29). The molecule has 8 nitrogen and oxygen atoms in total. The van der Waals surface area contributed by atoms with E-state index in [1.54, 1.807) is 30.5 Å². The van der Waals surface area contributed by atoms with E-state index in [-0.39, 0.29) is 16.7 Å². The van der Waals surface area contributed by atoms with Gasteiger partial charge in [-0.3, -0.25) is 4.79 Å². The molecule has 9 heteroatoms. The number of ether oxygens (including phenoxy) is 1. The summed E-state index contributed by atoms with van der Waals surface area (Å²) in [5.41, 5.74) is 1.85. The molecule has 1 aliphatic rings. The number of hydrogen-bond donors (Lipinski definition) is 1. The van der Waals surface area contributed by atoms with Crippen molar-refractivity contribution in [2.75, 3.05) is 25.5 Å². The van der Waals surface area contributed by atoms with E-state index in [2.05, 4.69) is 14.9 Å². The molecule has 0 radical (unpaired) electrons. The summed E-state index contributed by atoms with van der Waals surface area (Å²) >= 11 is 0. The first kappa shape index (κ1) is 23.0. The summed E-state index contributed by atoms with van der Waals surface area (Å²) in [5, 5.41) is 2.97. The Morgan fingerprint density at radius 1 is 1.09 bits per heavy atom. The normalized spacial score (nSPS) is 15.3. The summed E-state index contributed by atoms with van der Waals surface area (Å²) in [6, 6.07) is 14.1.